The van der Waals surface area contributed by atoms with E-state index in [4.69, 9.17) is 28.6 Å². The van der Waals surface area contributed by atoms with Gasteiger partial charge >= 0.3 is 0 Å². The van der Waals surface area contributed by atoms with Gasteiger partial charge in [-0.3, -0.25) is 4.79 Å². The Morgan fingerprint density at radius 1 is 1.31 bits per heavy atom. The van der Waals surface area contributed by atoms with Crippen LogP contribution in [0, 0.1) is 12.8 Å². The average Bonchev–Trinajstić information content (AvgIpc) is 2.56. The number of anilines is 1. The van der Waals surface area contributed by atoms with Crippen molar-refractivity contribution in [3.05, 3.63) is 58.6 Å². The summed E-state index contributed by atoms with van der Waals surface area (Å²) in [6.45, 7) is 3.79. The maximum Gasteiger partial charge on any atom is 0.236 e. The molecule has 0 unspecified atom stereocenters. The summed E-state index contributed by atoms with van der Waals surface area (Å²) >= 11 is 11.5. The van der Waals surface area contributed by atoms with Gasteiger partial charge in [-0.15, -0.1) is 0 Å². The Kier molecular flexibility index (Phi) is 4.04. The topological polar surface area (TPSA) is 62.4 Å². The fourth-order valence-corrected chi connectivity index (χ4v) is 4.15. The number of rotatable bonds is 2. The van der Waals surface area contributed by atoms with Crippen molar-refractivity contribution in [2.45, 2.75) is 25.6 Å². The van der Waals surface area contributed by atoms with Gasteiger partial charge < -0.3 is 20.7 Å². The molecule has 134 valence electrons. The number of thiocarbonyl (C=S) groups is 1. The predicted octanol–water partition coefficient (Wildman–Crippen LogP) is 3.53. The van der Waals surface area contributed by atoms with E-state index in [-0.39, 0.29) is 11.9 Å². The summed E-state index contributed by atoms with van der Waals surface area (Å²) in [4.78, 5) is 13.2. The van der Waals surface area contributed by atoms with Crippen LogP contribution in [0.3, 0.4) is 0 Å². The van der Waals surface area contributed by atoms with E-state index < -0.39 is 11.6 Å². The molecule has 7 heteroatoms. The Morgan fingerprint density at radius 3 is 2.85 bits per heavy atom. The third-order valence-corrected chi connectivity index (χ3v) is 5.34. The molecule has 2 heterocycles. The minimum atomic E-state index is -0.958. The van der Waals surface area contributed by atoms with Crippen LogP contribution >= 0.6 is 23.8 Å². The molecule has 1 saturated heterocycles. The van der Waals surface area contributed by atoms with Crippen LogP contribution < -0.4 is 20.7 Å². The van der Waals surface area contributed by atoms with Crippen LogP contribution in [0.2, 0.25) is 5.02 Å². The summed E-state index contributed by atoms with van der Waals surface area (Å²) in [6.07, 6.45) is 0. The minimum absolute atomic E-state index is 0.153. The Balaban J connectivity index is 1.74. The molecule has 4 rings (SSSR count). The number of aryl methyl sites for hydroxylation is 1. The monoisotopic (exact) mass is 387 g/mol. The fraction of sp³-hybridized carbons (Fsp3) is 0.263. The summed E-state index contributed by atoms with van der Waals surface area (Å²) < 4.78 is 6.16. The Hall–Kier alpha value is -2.31. The molecule has 0 saturated carbocycles. The summed E-state index contributed by atoms with van der Waals surface area (Å²) in [6, 6.07) is 12.7. The van der Waals surface area contributed by atoms with Crippen LogP contribution in [0.1, 0.15) is 24.1 Å². The summed E-state index contributed by atoms with van der Waals surface area (Å²) in [5.41, 5.74) is 1.64. The first-order valence-corrected chi connectivity index (χ1v) is 9.10. The van der Waals surface area contributed by atoms with Crippen molar-refractivity contribution in [3.63, 3.8) is 0 Å². The Morgan fingerprint density at radius 2 is 2.08 bits per heavy atom. The number of benzene rings is 2. The zero-order valence-electron chi connectivity index (χ0n) is 14.3. The van der Waals surface area contributed by atoms with E-state index >= 15 is 0 Å². The fourth-order valence-electron chi connectivity index (χ4n) is 3.64. The number of amides is 1. The molecule has 0 radical (unpaired) electrons. The van der Waals surface area contributed by atoms with E-state index in [2.05, 4.69) is 16.0 Å². The van der Waals surface area contributed by atoms with Crippen molar-refractivity contribution in [2.75, 3.05) is 5.32 Å². The lowest BCUT2D eigenvalue weighted by molar-refractivity contribution is -0.132. The lowest BCUT2D eigenvalue weighted by Gasteiger charge is -2.50. The number of para-hydroxylation sites is 1. The maximum absolute atomic E-state index is 13.2. The molecule has 2 aromatic carbocycles. The number of nitrogens with one attached hydrogen (secondary N) is 3. The van der Waals surface area contributed by atoms with E-state index in [1.165, 1.54) is 0 Å². The second kappa shape index (κ2) is 6.14. The van der Waals surface area contributed by atoms with Gasteiger partial charge in [-0.2, -0.15) is 0 Å². The standard InChI is InChI=1S/C19H18ClN3O2S/c1-10-5-3-4-6-13(10)21-17(24)15-16-12-9-11(20)7-8-14(12)25-19(15,2)23-18(26)22-16/h3-9,15-16H,1-2H3,(H,21,24)(H2,22,23,26)/t15-,16+,19+/m1/s1. The van der Waals surface area contributed by atoms with Crippen molar-refractivity contribution in [3.8, 4) is 5.75 Å². The zero-order chi connectivity index (χ0) is 18.5. The molecule has 0 spiro atoms. The van der Waals surface area contributed by atoms with Crippen molar-refractivity contribution in [1.29, 1.82) is 0 Å². The van der Waals surface area contributed by atoms with Gasteiger partial charge in [0.25, 0.3) is 0 Å². The van der Waals surface area contributed by atoms with Crippen molar-refractivity contribution in [2.24, 2.45) is 5.92 Å². The first-order valence-electron chi connectivity index (χ1n) is 8.31. The van der Waals surface area contributed by atoms with Gasteiger partial charge in [-0.25, -0.2) is 0 Å². The molecule has 3 atom stereocenters. The third kappa shape index (κ3) is 2.79. The van der Waals surface area contributed by atoms with E-state index in [1.807, 2.05) is 50.2 Å². The van der Waals surface area contributed by atoms with Gasteiger partial charge in [0.2, 0.25) is 5.91 Å². The van der Waals surface area contributed by atoms with E-state index in [9.17, 15) is 4.79 Å². The number of fused-ring (bicyclic) bond motifs is 4. The maximum atomic E-state index is 13.2. The molecule has 2 aliphatic heterocycles. The van der Waals surface area contributed by atoms with Crippen LogP contribution in [0.5, 0.6) is 5.75 Å². The van der Waals surface area contributed by atoms with Gasteiger partial charge in [-0.05, 0) is 55.9 Å². The van der Waals surface area contributed by atoms with Gasteiger partial charge in [0.1, 0.15) is 11.7 Å². The highest BCUT2D eigenvalue weighted by Gasteiger charge is 2.54. The van der Waals surface area contributed by atoms with Gasteiger partial charge in [0.15, 0.2) is 10.8 Å². The summed E-state index contributed by atoms with van der Waals surface area (Å²) in [7, 11) is 0. The van der Waals surface area contributed by atoms with Gasteiger partial charge in [0, 0.05) is 16.3 Å². The van der Waals surface area contributed by atoms with Crippen LogP contribution in [-0.2, 0) is 4.79 Å². The van der Waals surface area contributed by atoms with E-state index in [0.29, 0.717) is 15.9 Å². The molecule has 1 fully saturated rings. The third-order valence-electron chi connectivity index (χ3n) is 4.89. The van der Waals surface area contributed by atoms with Gasteiger partial charge in [-0.1, -0.05) is 29.8 Å². The second-order valence-electron chi connectivity index (χ2n) is 6.75. The van der Waals surface area contributed by atoms with Crippen molar-refractivity contribution < 1.29 is 9.53 Å². The van der Waals surface area contributed by atoms with Crippen LogP contribution in [-0.4, -0.2) is 16.7 Å². The molecule has 5 nitrogen and oxygen atoms in total. The predicted molar refractivity (Wildman–Crippen MR) is 105 cm³/mol. The molecule has 2 bridgehead atoms. The minimum Gasteiger partial charge on any atom is -0.467 e. The molecule has 0 aromatic heterocycles. The molecule has 3 N–H and O–H groups in total. The van der Waals surface area contributed by atoms with E-state index in [0.717, 1.165) is 16.8 Å². The average molecular weight is 388 g/mol. The molecule has 2 aliphatic rings. The number of halogens is 1. The first-order chi connectivity index (χ1) is 12.4. The lowest BCUT2D eigenvalue weighted by Crippen LogP contribution is -2.70. The smallest absolute Gasteiger partial charge is 0.236 e. The first kappa shape index (κ1) is 17.1. The highest BCUT2D eigenvalue weighted by Crippen LogP contribution is 2.46. The highest BCUT2D eigenvalue weighted by molar-refractivity contribution is 7.80. The number of ether oxygens (including phenoxy) is 1. The summed E-state index contributed by atoms with van der Waals surface area (Å²) in [5.74, 6) is -0.0101. The molecule has 2 aromatic rings. The normalized spacial score (nSPS) is 26.0. The van der Waals surface area contributed by atoms with Crippen LogP contribution in [0.4, 0.5) is 5.69 Å². The lowest BCUT2D eigenvalue weighted by atomic mass is 9.80. The molecule has 1 amide bonds. The number of carbonyl (C=O) groups is 1. The molecule has 0 aliphatic carbocycles. The quantitative estimate of drug-likeness (QED) is 0.688. The highest BCUT2D eigenvalue weighted by atomic mass is 35.5. The van der Waals surface area contributed by atoms with Crippen LogP contribution in [0.15, 0.2) is 42.5 Å². The number of carbonyl (C=O) groups excluding carboxylic acids is 1. The molecule has 26 heavy (non-hydrogen) atoms. The number of hydrogen-bond acceptors (Lipinski definition) is 3. The Bertz CT molecular complexity index is 919. The van der Waals surface area contributed by atoms with Gasteiger partial charge in [0.05, 0.1) is 6.04 Å². The largest absolute Gasteiger partial charge is 0.467 e. The molecular formula is C19H18ClN3O2S. The van der Waals surface area contributed by atoms with Crippen molar-refractivity contribution >= 4 is 40.5 Å². The van der Waals surface area contributed by atoms with Crippen LogP contribution in [0.25, 0.3) is 0 Å². The van der Waals surface area contributed by atoms with Crippen molar-refractivity contribution in [1.82, 2.24) is 10.6 Å². The SMILES string of the molecule is Cc1ccccc1NC(=O)[C@H]1[C@H]2NC(=S)N[C@@]1(C)Oc1ccc(Cl)cc12. The summed E-state index contributed by atoms with van der Waals surface area (Å²) in [5, 5.41) is 10.4. The van der Waals surface area contributed by atoms with E-state index in [1.54, 1.807) is 6.07 Å². The number of hydrogen-bond donors (Lipinski definition) is 3. The Labute approximate surface area is 162 Å². The molecular weight excluding hydrogens is 370 g/mol. The second-order valence-corrected chi connectivity index (χ2v) is 7.59. The zero-order valence-corrected chi connectivity index (χ0v) is 15.9.